The molecule has 0 radical (unpaired) electrons. The van der Waals surface area contributed by atoms with Crippen molar-refractivity contribution in [3.05, 3.63) is 53.2 Å². The van der Waals surface area contributed by atoms with E-state index in [0.717, 1.165) is 40.6 Å². The summed E-state index contributed by atoms with van der Waals surface area (Å²) < 4.78 is 5.67. The maximum atomic E-state index is 5.67. The number of aromatic nitrogens is 2. The molecule has 0 bridgehead atoms. The number of hydrogen-bond acceptors (Lipinski definition) is 4. The SMILES string of the molecule is COc1cc(C)cc(C)c1-c1ccc2ccc(C3CCCN(C4CC4)C3)nc2n1. The number of pyridine rings is 2. The number of rotatable bonds is 4. The zero-order valence-corrected chi connectivity index (χ0v) is 17.6. The smallest absolute Gasteiger partial charge is 0.160 e. The summed E-state index contributed by atoms with van der Waals surface area (Å²) >= 11 is 0. The minimum absolute atomic E-state index is 0.523. The van der Waals surface area contributed by atoms with E-state index in [1.807, 2.05) is 0 Å². The molecule has 1 atom stereocenters. The Morgan fingerprint density at radius 2 is 1.83 bits per heavy atom. The summed E-state index contributed by atoms with van der Waals surface area (Å²) in [5.74, 6) is 1.40. The summed E-state index contributed by atoms with van der Waals surface area (Å²) in [6.45, 7) is 6.61. The highest BCUT2D eigenvalue weighted by molar-refractivity contribution is 5.81. The van der Waals surface area contributed by atoms with Crippen LogP contribution in [-0.4, -0.2) is 41.1 Å². The van der Waals surface area contributed by atoms with E-state index in [2.05, 4.69) is 55.1 Å². The number of likely N-dealkylation sites (tertiary alicyclic amines) is 1. The lowest BCUT2D eigenvalue weighted by molar-refractivity contribution is 0.197. The van der Waals surface area contributed by atoms with Crippen LogP contribution in [0.5, 0.6) is 5.75 Å². The summed E-state index contributed by atoms with van der Waals surface area (Å²) in [6.07, 6.45) is 5.25. The van der Waals surface area contributed by atoms with Crippen molar-refractivity contribution in [3.63, 3.8) is 0 Å². The number of aryl methyl sites for hydroxylation is 2. The Labute approximate surface area is 172 Å². The van der Waals surface area contributed by atoms with Crippen molar-refractivity contribution in [2.24, 2.45) is 0 Å². The van der Waals surface area contributed by atoms with Gasteiger partial charge in [0.1, 0.15) is 5.75 Å². The Morgan fingerprint density at radius 3 is 2.62 bits per heavy atom. The molecule has 1 aromatic carbocycles. The summed E-state index contributed by atoms with van der Waals surface area (Å²) in [6, 6.07) is 13.7. The molecule has 5 rings (SSSR count). The molecule has 2 aromatic heterocycles. The van der Waals surface area contributed by atoms with Crippen LogP contribution in [-0.2, 0) is 0 Å². The van der Waals surface area contributed by atoms with Gasteiger partial charge >= 0.3 is 0 Å². The highest BCUT2D eigenvalue weighted by Gasteiger charge is 2.33. The Morgan fingerprint density at radius 1 is 1.00 bits per heavy atom. The average Bonchev–Trinajstić information content (AvgIpc) is 3.58. The van der Waals surface area contributed by atoms with Crippen molar-refractivity contribution in [1.29, 1.82) is 0 Å². The number of nitrogens with zero attached hydrogens (tertiary/aromatic N) is 3. The van der Waals surface area contributed by atoms with E-state index in [1.54, 1.807) is 7.11 Å². The van der Waals surface area contributed by atoms with E-state index in [1.165, 1.54) is 49.0 Å². The van der Waals surface area contributed by atoms with Gasteiger partial charge in [0, 0.05) is 35.1 Å². The summed E-state index contributed by atoms with van der Waals surface area (Å²) in [5, 5.41) is 1.09. The van der Waals surface area contributed by atoms with E-state index >= 15 is 0 Å². The summed E-state index contributed by atoms with van der Waals surface area (Å²) in [7, 11) is 1.73. The molecule has 150 valence electrons. The molecule has 0 spiro atoms. The number of ether oxygens (including phenoxy) is 1. The lowest BCUT2D eigenvalue weighted by Crippen LogP contribution is -2.36. The standard InChI is InChI=1S/C25H29N3O/c1-16-13-17(2)24(23(14-16)29-3)22-11-7-18-6-10-21(26-25(18)27-22)19-5-4-12-28(15-19)20-8-9-20/h6-7,10-11,13-14,19-20H,4-5,8-9,12,15H2,1-3H3. The molecule has 0 N–H and O–H groups in total. The maximum absolute atomic E-state index is 5.67. The van der Waals surface area contributed by atoms with Crippen LogP contribution in [0.2, 0.25) is 0 Å². The van der Waals surface area contributed by atoms with Gasteiger partial charge in [0.2, 0.25) is 0 Å². The van der Waals surface area contributed by atoms with Crippen molar-refractivity contribution >= 4 is 11.0 Å². The van der Waals surface area contributed by atoms with Gasteiger partial charge in [-0.2, -0.15) is 0 Å². The van der Waals surface area contributed by atoms with Gasteiger partial charge in [-0.15, -0.1) is 0 Å². The van der Waals surface area contributed by atoms with Crippen molar-refractivity contribution in [2.45, 2.75) is 51.5 Å². The molecular formula is C25H29N3O. The molecule has 2 fully saturated rings. The average molecular weight is 388 g/mol. The molecule has 3 heterocycles. The lowest BCUT2D eigenvalue weighted by Gasteiger charge is -2.32. The quantitative estimate of drug-likeness (QED) is 0.612. The van der Waals surface area contributed by atoms with Gasteiger partial charge in [0.05, 0.1) is 12.8 Å². The lowest BCUT2D eigenvalue weighted by atomic mass is 9.94. The fourth-order valence-electron chi connectivity index (χ4n) is 4.82. The number of benzene rings is 1. The third-order valence-corrected chi connectivity index (χ3v) is 6.43. The number of piperidine rings is 1. The molecular weight excluding hydrogens is 358 g/mol. The second-order valence-electron chi connectivity index (χ2n) is 8.70. The molecule has 1 saturated carbocycles. The molecule has 4 nitrogen and oxygen atoms in total. The molecule has 1 aliphatic heterocycles. The first kappa shape index (κ1) is 18.6. The summed E-state index contributed by atoms with van der Waals surface area (Å²) in [5.41, 5.74) is 6.40. The Balaban J connectivity index is 1.52. The van der Waals surface area contributed by atoms with Crippen LogP contribution in [0.3, 0.4) is 0 Å². The van der Waals surface area contributed by atoms with Crippen LogP contribution < -0.4 is 4.74 Å². The first-order chi connectivity index (χ1) is 14.1. The van der Waals surface area contributed by atoms with Gasteiger partial charge in [-0.3, -0.25) is 4.90 Å². The van der Waals surface area contributed by atoms with Gasteiger partial charge in [0.25, 0.3) is 0 Å². The maximum Gasteiger partial charge on any atom is 0.160 e. The van der Waals surface area contributed by atoms with Crippen molar-refractivity contribution in [3.8, 4) is 17.0 Å². The third kappa shape index (κ3) is 3.62. The Kier molecular flexibility index (Phi) is 4.75. The van der Waals surface area contributed by atoms with E-state index in [4.69, 9.17) is 14.7 Å². The van der Waals surface area contributed by atoms with E-state index in [0.29, 0.717) is 5.92 Å². The predicted molar refractivity (Wildman–Crippen MR) is 118 cm³/mol. The monoisotopic (exact) mass is 387 g/mol. The van der Waals surface area contributed by atoms with Crippen LogP contribution >= 0.6 is 0 Å². The second-order valence-corrected chi connectivity index (χ2v) is 8.70. The van der Waals surface area contributed by atoms with E-state index in [-0.39, 0.29) is 0 Å². The molecule has 29 heavy (non-hydrogen) atoms. The Hall–Kier alpha value is -2.46. The first-order valence-electron chi connectivity index (χ1n) is 10.8. The van der Waals surface area contributed by atoms with E-state index in [9.17, 15) is 0 Å². The molecule has 2 aliphatic rings. The van der Waals surface area contributed by atoms with Crippen molar-refractivity contribution in [1.82, 2.24) is 14.9 Å². The van der Waals surface area contributed by atoms with Gasteiger partial charge in [-0.25, -0.2) is 9.97 Å². The molecule has 0 amide bonds. The van der Waals surface area contributed by atoms with Gasteiger partial charge in [-0.05, 0) is 87.5 Å². The zero-order valence-electron chi connectivity index (χ0n) is 17.6. The molecule has 1 aliphatic carbocycles. The number of hydrogen-bond donors (Lipinski definition) is 0. The topological polar surface area (TPSA) is 38.2 Å². The third-order valence-electron chi connectivity index (χ3n) is 6.43. The van der Waals surface area contributed by atoms with Gasteiger partial charge in [-0.1, -0.05) is 6.07 Å². The van der Waals surface area contributed by atoms with Crippen molar-refractivity contribution < 1.29 is 4.74 Å². The van der Waals surface area contributed by atoms with Crippen LogP contribution in [0.15, 0.2) is 36.4 Å². The first-order valence-corrected chi connectivity index (χ1v) is 10.8. The van der Waals surface area contributed by atoms with Crippen LogP contribution in [0, 0.1) is 13.8 Å². The van der Waals surface area contributed by atoms with Gasteiger partial charge < -0.3 is 4.74 Å². The predicted octanol–water partition coefficient (Wildman–Crippen LogP) is 5.26. The highest BCUT2D eigenvalue weighted by Crippen LogP contribution is 2.36. The fourth-order valence-corrected chi connectivity index (χ4v) is 4.82. The van der Waals surface area contributed by atoms with Crippen molar-refractivity contribution in [2.75, 3.05) is 20.2 Å². The minimum atomic E-state index is 0.523. The summed E-state index contributed by atoms with van der Waals surface area (Å²) in [4.78, 5) is 12.7. The van der Waals surface area contributed by atoms with Crippen LogP contribution in [0.1, 0.15) is 48.4 Å². The largest absolute Gasteiger partial charge is 0.496 e. The molecule has 3 aromatic rings. The molecule has 1 unspecified atom stereocenters. The molecule has 4 heteroatoms. The minimum Gasteiger partial charge on any atom is -0.496 e. The van der Waals surface area contributed by atoms with Crippen LogP contribution in [0.25, 0.3) is 22.3 Å². The highest BCUT2D eigenvalue weighted by atomic mass is 16.5. The van der Waals surface area contributed by atoms with Crippen LogP contribution in [0.4, 0.5) is 0 Å². The van der Waals surface area contributed by atoms with Gasteiger partial charge in [0.15, 0.2) is 5.65 Å². The second kappa shape index (κ2) is 7.42. The number of methoxy groups -OCH3 is 1. The normalized spacial score (nSPS) is 20.2. The molecule has 1 saturated heterocycles. The Bertz CT molecular complexity index is 1060. The van der Waals surface area contributed by atoms with E-state index < -0.39 is 0 Å². The fraction of sp³-hybridized carbons (Fsp3) is 0.440. The zero-order chi connectivity index (χ0) is 20.0. The number of fused-ring (bicyclic) bond motifs is 1.